The SMILES string of the molecule is Cn1c(C(=O)N2CCN(C3CCC(O)C3)C(=O)C2)nc2c(C(F)(F)F)cc(C3CC3)cc21. The minimum absolute atomic E-state index is 0.0271. The van der Waals surface area contributed by atoms with Crippen molar-refractivity contribution in [2.45, 2.75) is 56.3 Å². The van der Waals surface area contributed by atoms with Crippen molar-refractivity contribution >= 4 is 22.8 Å². The van der Waals surface area contributed by atoms with E-state index in [1.54, 1.807) is 11.0 Å². The van der Waals surface area contributed by atoms with Crippen molar-refractivity contribution in [3.8, 4) is 0 Å². The topological polar surface area (TPSA) is 78.7 Å². The van der Waals surface area contributed by atoms with Crippen molar-refractivity contribution in [2.75, 3.05) is 19.6 Å². The van der Waals surface area contributed by atoms with Crippen LogP contribution in [0, 0.1) is 0 Å². The Hall–Kier alpha value is -2.62. The van der Waals surface area contributed by atoms with Crippen molar-refractivity contribution in [3.63, 3.8) is 0 Å². The summed E-state index contributed by atoms with van der Waals surface area (Å²) in [5, 5.41) is 9.75. The number of carbonyl (C=O) groups excluding carboxylic acids is 2. The van der Waals surface area contributed by atoms with Crippen LogP contribution < -0.4 is 0 Å². The van der Waals surface area contributed by atoms with Gasteiger partial charge in [0.2, 0.25) is 5.91 Å². The smallest absolute Gasteiger partial charge is 0.393 e. The van der Waals surface area contributed by atoms with Gasteiger partial charge in [0, 0.05) is 26.2 Å². The van der Waals surface area contributed by atoms with Gasteiger partial charge in [-0.3, -0.25) is 9.59 Å². The Labute approximate surface area is 182 Å². The molecule has 2 saturated carbocycles. The number of imidazole rings is 1. The van der Waals surface area contributed by atoms with E-state index in [0.717, 1.165) is 25.3 Å². The first-order chi connectivity index (χ1) is 15.1. The standard InChI is InChI=1S/C22H25F3N4O3/c1-27-17-9-13(12-2-3-12)8-16(22(23,24)25)19(17)26-20(27)21(32)28-6-7-29(18(31)11-28)14-4-5-15(30)10-14/h8-9,12,14-15,30H,2-7,10-11H2,1H3. The average Bonchev–Trinajstić information content (AvgIpc) is 3.42. The maximum Gasteiger partial charge on any atom is 0.418 e. The molecule has 2 amide bonds. The third kappa shape index (κ3) is 3.64. The van der Waals surface area contributed by atoms with Crippen LogP contribution >= 0.6 is 0 Å². The van der Waals surface area contributed by atoms with E-state index < -0.39 is 23.8 Å². The molecule has 1 aromatic carbocycles. The highest BCUT2D eigenvalue weighted by atomic mass is 19.4. The summed E-state index contributed by atoms with van der Waals surface area (Å²) in [6.07, 6.45) is -1.35. The van der Waals surface area contributed by atoms with Gasteiger partial charge >= 0.3 is 6.18 Å². The zero-order valence-electron chi connectivity index (χ0n) is 17.7. The lowest BCUT2D eigenvalue weighted by Gasteiger charge is -2.37. The zero-order valence-corrected chi connectivity index (χ0v) is 17.7. The number of rotatable bonds is 3. The normalized spacial score (nSPS) is 24.6. The summed E-state index contributed by atoms with van der Waals surface area (Å²) >= 11 is 0. The Morgan fingerprint density at radius 3 is 2.50 bits per heavy atom. The second-order valence-electron chi connectivity index (χ2n) is 9.14. The van der Waals surface area contributed by atoms with Gasteiger partial charge in [0.05, 0.1) is 17.2 Å². The molecule has 172 valence electrons. The number of hydrogen-bond acceptors (Lipinski definition) is 4. The summed E-state index contributed by atoms with van der Waals surface area (Å²) in [5.41, 5.74) is -0.172. The molecule has 1 N–H and O–H groups in total. The summed E-state index contributed by atoms with van der Waals surface area (Å²) in [4.78, 5) is 33.0. The Bertz CT molecular complexity index is 1090. The quantitative estimate of drug-likeness (QED) is 0.780. The summed E-state index contributed by atoms with van der Waals surface area (Å²) in [5.74, 6) is -0.746. The van der Waals surface area contributed by atoms with Gasteiger partial charge in [-0.15, -0.1) is 0 Å². The number of aryl methyl sites for hydroxylation is 1. The van der Waals surface area contributed by atoms with Gasteiger partial charge in [-0.1, -0.05) is 0 Å². The van der Waals surface area contributed by atoms with Crippen LogP contribution in [0.25, 0.3) is 11.0 Å². The van der Waals surface area contributed by atoms with E-state index in [1.807, 2.05) is 0 Å². The highest BCUT2D eigenvalue weighted by Crippen LogP contribution is 2.44. The molecule has 0 radical (unpaired) electrons. The number of carbonyl (C=O) groups is 2. The average molecular weight is 450 g/mol. The van der Waals surface area contributed by atoms with Gasteiger partial charge in [0.1, 0.15) is 12.1 Å². The maximum atomic E-state index is 13.7. The van der Waals surface area contributed by atoms with Gasteiger partial charge in [0.15, 0.2) is 5.82 Å². The number of aliphatic hydroxyl groups is 1. The summed E-state index contributed by atoms with van der Waals surface area (Å²) in [7, 11) is 1.54. The van der Waals surface area contributed by atoms with Gasteiger partial charge in [-0.2, -0.15) is 13.2 Å². The predicted molar refractivity (Wildman–Crippen MR) is 109 cm³/mol. The summed E-state index contributed by atoms with van der Waals surface area (Å²) < 4.78 is 42.6. The molecular weight excluding hydrogens is 425 g/mol. The van der Waals surface area contributed by atoms with Gasteiger partial charge in [-0.05, 0) is 55.7 Å². The van der Waals surface area contributed by atoms with Crippen molar-refractivity contribution in [3.05, 3.63) is 29.1 Å². The fraction of sp³-hybridized carbons (Fsp3) is 0.591. The van der Waals surface area contributed by atoms with E-state index in [1.165, 1.54) is 16.5 Å². The van der Waals surface area contributed by atoms with E-state index >= 15 is 0 Å². The van der Waals surface area contributed by atoms with E-state index in [-0.39, 0.29) is 47.8 Å². The molecule has 2 atom stereocenters. The molecule has 1 saturated heterocycles. The van der Waals surface area contributed by atoms with Crippen molar-refractivity contribution < 1.29 is 27.9 Å². The van der Waals surface area contributed by atoms with Crippen molar-refractivity contribution in [1.29, 1.82) is 0 Å². The largest absolute Gasteiger partial charge is 0.418 e. The molecule has 5 rings (SSSR count). The molecule has 7 nitrogen and oxygen atoms in total. The maximum absolute atomic E-state index is 13.7. The predicted octanol–water partition coefficient (Wildman–Crippen LogP) is 2.67. The van der Waals surface area contributed by atoms with Crippen molar-refractivity contribution in [1.82, 2.24) is 19.4 Å². The molecule has 3 aliphatic rings. The number of benzene rings is 1. The number of nitrogens with zero attached hydrogens (tertiary/aromatic N) is 4. The first kappa shape index (κ1) is 21.2. The van der Waals surface area contributed by atoms with Crippen LogP contribution in [0.1, 0.15) is 59.8 Å². The first-order valence-corrected chi connectivity index (χ1v) is 11.0. The van der Waals surface area contributed by atoms with Gasteiger partial charge in [-0.25, -0.2) is 4.98 Å². The molecule has 1 aliphatic heterocycles. The molecule has 2 aromatic rings. The molecule has 2 unspecified atom stereocenters. The Morgan fingerprint density at radius 2 is 1.91 bits per heavy atom. The van der Waals surface area contributed by atoms with E-state index in [9.17, 15) is 27.9 Å². The second-order valence-corrected chi connectivity index (χ2v) is 9.14. The lowest BCUT2D eigenvalue weighted by Crippen LogP contribution is -2.55. The Morgan fingerprint density at radius 1 is 1.16 bits per heavy atom. The lowest BCUT2D eigenvalue weighted by molar-refractivity contribution is -0.138. The minimum Gasteiger partial charge on any atom is -0.393 e. The first-order valence-electron chi connectivity index (χ1n) is 11.0. The number of fused-ring (bicyclic) bond motifs is 1. The number of piperazine rings is 1. The van der Waals surface area contributed by atoms with Crippen LogP contribution in [0.15, 0.2) is 12.1 Å². The van der Waals surface area contributed by atoms with Crippen LogP contribution in [-0.2, 0) is 18.0 Å². The van der Waals surface area contributed by atoms with Crippen LogP contribution in [0.5, 0.6) is 0 Å². The Balaban J connectivity index is 1.43. The van der Waals surface area contributed by atoms with E-state index in [4.69, 9.17) is 0 Å². The van der Waals surface area contributed by atoms with Gasteiger partial charge in [0.25, 0.3) is 5.91 Å². The number of aromatic nitrogens is 2. The molecule has 1 aromatic heterocycles. The third-order valence-corrected chi connectivity index (χ3v) is 6.92. The number of aliphatic hydroxyl groups excluding tert-OH is 1. The lowest BCUT2D eigenvalue weighted by atomic mass is 10.0. The van der Waals surface area contributed by atoms with E-state index in [2.05, 4.69) is 4.98 Å². The fourth-order valence-electron chi connectivity index (χ4n) is 4.97. The molecule has 2 heterocycles. The molecule has 32 heavy (non-hydrogen) atoms. The third-order valence-electron chi connectivity index (χ3n) is 6.92. The van der Waals surface area contributed by atoms with Gasteiger partial charge < -0.3 is 19.5 Å². The molecular formula is C22H25F3N4O3. The summed E-state index contributed by atoms with van der Waals surface area (Å²) in [6.45, 7) is 0.472. The zero-order chi connectivity index (χ0) is 22.8. The molecule has 3 fully saturated rings. The second kappa shape index (κ2) is 7.47. The van der Waals surface area contributed by atoms with Crippen LogP contribution in [-0.4, -0.2) is 68.1 Å². The number of amides is 2. The fourth-order valence-corrected chi connectivity index (χ4v) is 4.97. The van der Waals surface area contributed by atoms with E-state index in [0.29, 0.717) is 24.9 Å². The minimum atomic E-state index is -4.58. The number of hydrogen-bond donors (Lipinski definition) is 1. The number of halogens is 3. The summed E-state index contributed by atoms with van der Waals surface area (Å²) in [6, 6.07) is 2.82. The molecule has 10 heteroatoms. The highest BCUT2D eigenvalue weighted by molar-refractivity contribution is 5.98. The molecule has 0 spiro atoms. The van der Waals surface area contributed by atoms with Crippen LogP contribution in [0.4, 0.5) is 13.2 Å². The molecule has 2 aliphatic carbocycles. The van der Waals surface area contributed by atoms with Crippen LogP contribution in [0.2, 0.25) is 0 Å². The van der Waals surface area contributed by atoms with Crippen LogP contribution in [0.3, 0.4) is 0 Å². The highest BCUT2D eigenvalue weighted by Gasteiger charge is 2.39. The van der Waals surface area contributed by atoms with Crippen molar-refractivity contribution in [2.24, 2.45) is 7.05 Å². The Kier molecular flexibility index (Phi) is 4.96. The number of alkyl halides is 3. The molecule has 0 bridgehead atoms. The monoisotopic (exact) mass is 450 g/mol.